The highest BCUT2D eigenvalue weighted by Gasteiger charge is 2.04. The van der Waals surface area contributed by atoms with Crippen LogP contribution in [0.25, 0.3) is 0 Å². The lowest BCUT2D eigenvalue weighted by atomic mass is 9.98. The Labute approximate surface area is 171 Å². The molecule has 2 nitrogen and oxygen atoms in total. The summed E-state index contributed by atoms with van der Waals surface area (Å²) < 4.78 is 6.05. The Morgan fingerprint density at radius 3 is 2.50 bits per heavy atom. The highest BCUT2D eigenvalue weighted by Crippen LogP contribution is 2.18. The van der Waals surface area contributed by atoms with E-state index in [1.165, 1.54) is 16.7 Å². The molecular weight excluding hydrogens is 342 g/mol. The molecule has 2 heteroatoms. The average Bonchev–Trinajstić information content (AvgIpc) is 2.65. The predicted molar refractivity (Wildman–Crippen MR) is 119 cm³/mol. The second-order valence-corrected chi connectivity index (χ2v) is 8.18. The van der Waals surface area contributed by atoms with Gasteiger partial charge in [0.05, 0.1) is 0 Å². The second-order valence-electron chi connectivity index (χ2n) is 8.18. The van der Waals surface area contributed by atoms with Crippen molar-refractivity contribution in [1.29, 1.82) is 0 Å². The van der Waals surface area contributed by atoms with Gasteiger partial charge in [0, 0.05) is 18.5 Å². The molecule has 0 fully saturated rings. The molecule has 0 bridgehead atoms. The van der Waals surface area contributed by atoms with Gasteiger partial charge in [0.15, 0.2) is 0 Å². The van der Waals surface area contributed by atoms with Crippen LogP contribution in [0.15, 0.2) is 60.7 Å². The summed E-state index contributed by atoms with van der Waals surface area (Å²) in [4.78, 5) is 2.26. The zero-order chi connectivity index (χ0) is 20.4. The monoisotopic (exact) mass is 375 g/mol. The minimum Gasteiger partial charge on any atom is -0.489 e. The first-order chi connectivity index (χ1) is 13.4. The lowest BCUT2D eigenvalue weighted by molar-refractivity contribution is 0.303. The van der Waals surface area contributed by atoms with Crippen LogP contribution in [0.5, 0.6) is 5.75 Å². The third-order valence-electron chi connectivity index (χ3n) is 4.31. The van der Waals surface area contributed by atoms with Crippen molar-refractivity contribution in [3.63, 3.8) is 0 Å². The molecule has 0 amide bonds. The maximum Gasteiger partial charge on any atom is 0.120 e. The van der Waals surface area contributed by atoms with E-state index in [9.17, 15) is 0 Å². The van der Waals surface area contributed by atoms with Crippen molar-refractivity contribution < 1.29 is 4.74 Å². The number of hydrogen-bond acceptors (Lipinski definition) is 2. The summed E-state index contributed by atoms with van der Waals surface area (Å²) in [6.45, 7) is 10.9. The number of nitrogens with zero attached hydrogens (tertiary/aromatic N) is 1. The smallest absolute Gasteiger partial charge is 0.120 e. The lowest BCUT2D eigenvalue weighted by Gasteiger charge is -2.15. The van der Waals surface area contributed by atoms with Crippen molar-refractivity contribution in [2.24, 2.45) is 5.41 Å². The molecule has 2 aromatic carbocycles. The standard InChI is InChI=1S/C26H33NO/c1-6-23-14-8-9-15-24(23)21-28-25-16-12-13-22(19-25)20-27(5)18-11-7-10-17-26(2,3)4/h7-9,11-16,19H,6,18,20-21H2,1-5H3. The van der Waals surface area contributed by atoms with Crippen molar-refractivity contribution in [1.82, 2.24) is 4.90 Å². The molecule has 0 aromatic heterocycles. The van der Waals surface area contributed by atoms with E-state index in [-0.39, 0.29) is 5.41 Å². The topological polar surface area (TPSA) is 12.5 Å². The van der Waals surface area contributed by atoms with E-state index in [4.69, 9.17) is 4.74 Å². The third-order valence-corrected chi connectivity index (χ3v) is 4.31. The zero-order valence-electron chi connectivity index (χ0n) is 18.0. The molecule has 2 aromatic rings. The van der Waals surface area contributed by atoms with Crippen LogP contribution in [-0.2, 0) is 19.6 Å². The van der Waals surface area contributed by atoms with E-state index in [0.29, 0.717) is 6.61 Å². The summed E-state index contributed by atoms with van der Waals surface area (Å²) in [5.41, 5.74) is 3.90. The number of aryl methyl sites for hydroxylation is 1. The maximum absolute atomic E-state index is 6.05. The van der Waals surface area contributed by atoms with E-state index in [1.807, 2.05) is 12.1 Å². The zero-order valence-corrected chi connectivity index (χ0v) is 18.0. The van der Waals surface area contributed by atoms with Gasteiger partial charge in [0.1, 0.15) is 12.4 Å². The van der Waals surface area contributed by atoms with Gasteiger partial charge in [-0.25, -0.2) is 0 Å². The van der Waals surface area contributed by atoms with Crippen molar-refractivity contribution in [3.05, 3.63) is 77.4 Å². The largest absolute Gasteiger partial charge is 0.489 e. The second kappa shape index (κ2) is 10.7. The Balaban J connectivity index is 1.88. The van der Waals surface area contributed by atoms with E-state index in [2.05, 4.69) is 100 Å². The number of ether oxygens (including phenoxy) is 1. The average molecular weight is 376 g/mol. The van der Waals surface area contributed by atoms with Crippen molar-refractivity contribution in [2.45, 2.75) is 47.3 Å². The molecule has 0 aliphatic carbocycles. The Morgan fingerprint density at radius 2 is 1.79 bits per heavy atom. The van der Waals surface area contributed by atoms with E-state index in [0.717, 1.165) is 25.3 Å². The van der Waals surface area contributed by atoms with Crippen molar-refractivity contribution in [2.75, 3.05) is 13.6 Å². The molecule has 0 saturated heterocycles. The van der Waals surface area contributed by atoms with Gasteiger partial charge in [-0.15, -0.1) is 0 Å². The van der Waals surface area contributed by atoms with Gasteiger partial charge in [-0.1, -0.05) is 61.2 Å². The van der Waals surface area contributed by atoms with Crippen LogP contribution in [0.1, 0.15) is 44.4 Å². The summed E-state index contributed by atoms with van der Waals surface area (Å²) >= 11 is 0. The Bertz CT molecular complexity index is 833. The minimum absolute atomic E-state index is 0.0499. The molecule has 0 unspecified atom stereocenters. The molecule has 0 aliphatic rings. The molecule has 0 radical (unpaired) electrons. The van der Waals surface area contributed by atoms with Gasteiger partial charge in [0.2, 0.25) is 0 Å². The highest BCUT2D eigenvalue weighted by atomic mass is 16.5. The molecular formula is C26H33NO. The molecule has 28 heavy (non-hydrogen) atoms. The molecule has 0 N–H and O–H groups in total. The first-order valence-corrected chi connectivity index (χ1v) is 10.0. The van der Waals surface area contributed by atoms with E-state index in [1.54, 1.807) is 0 Å². The quantitative estimate of drug-likeness (QED) is 0.535. The summed E-state index contributed by atoms with van der Waals surface area (Å²) in [5, 5.41) is 0. The van der Waals surface area contributed by atoms with Crippen LogP contribution < -0.4 is 4.74 Å². The van der Waals surface area contributed by atoms with Gasteiger partial charge < -0.3 is 4.74 Å². The molecule has 0 saturated carbocycles. The fraction of sp³-hybridized carbons (Fsp3) is 0.385. The fourth-order valence-electron chi connectivity index (χ4n) is 2.86. The minimum atomic E-state index is 0.0499. The Hall–Kier alpha value is -2.50. The maximum atomic E-state index is 6.05. The van der Waals surface area contributed by atoms with Gasteiger partial charge in [0.25, 0.3) is 0 Å². The van der Waals surface area contributed by atoms with Crippen LogP contribution in [0.3, 0.4) is 0 Å². The lowest BCUT2D eigenvalue weighted by Crippen LogP contribution is -2.17. The Morgan fingerprint density at radius 1 is 1.04 bits per heavy atom. The Kier molecular flexibility index (Phi) is 8.36. The molecule has 0 atom stereocenters. The van der Waals surface area contributed by atoms with Crippen LogP contribution >= 0.6 is 0 Å². The number of hydrogen-bond donors (Lipinski definition) is 0. The van der Waals surface area contributed by atoms with Gasteiger partial charge in [-0.2, -0.15) is 0 Å². The first-order valence-electron chi connectivity index (χ1n) is 10.0. The fourth-order valence-corrected chi connectivity index (χ4v) is 2.86. The van der Waals surface area contributed by atoms with Crippen molar-refractivity contribution in [3.8, 4) is 17.6 Å². The first kappa shape index (κ1) is 21.8. The van der Waals surface area contributed by atoms with Gasteiger partial charge in [-0.3, -0.25) is 4.90 Å². The third kappa shape index (κ3) is 8.03. The SMILES string of the molecule is CCc1ccccc1COc1cccc(CN(C)CC=CC#CC(C)(C)C)c1. The molecule has 148 valence electrons. The summed E-state index contributed by atoms with van der Waals surface area (Å²) in [6, 6.07) is 16.8. The van der Waals surface area contributed by atoms with Crippen LogP contribution in [-0.4, -0.2) is 18.5 Å². The van der Waals surface area contributed by atoms with Crippen LogP contribution in [0, 0.1) is 17.3 Å². The number of benzene rings is 2. The normalized spacial score (nSPS) is 11.5. The van der Waals surface area contributed by atoms with Crippen molar-refractivity contribution >= 4 is 0 Å². The van der Waals surface area contributed by atoms with Gasteiger partial charge in [-0.05, 0) is 69.1 Å². The number of rotatable bonds is 8. The molecule has 0 heterocycles. The molecule has 2 rings (SSSR count). The van der Waals surface area contributed by atoms with E-state index < -0.39 is 0 Å². The van der Waals surface area contributed by atoms with Crippen LogP contribution in [0.2, 0.25) is 0 Å². The number of likely N-dealkylation sites (N-methyl/N-ethyl adjacent to an activating group) is 1. The number of allylic oxidation sites excluding steroid dienone is 1. The predicted octanol–water partition coefficient (Wildman–Crippen LogP) is 5.87. The summed E-state index contributed by atoms with van der Waals surface area (Å²) in [5.74, 6) is 7.25. The van der Waals surface area contributed by atoms with Crippen LogP contribution in [0.4, 0.5) is 0 Å². The van der Waals surface area contributed by atoms with Gasteiger partial charge >= 0.3 is 0 Å². The summed E-state index contributed by atoms with van der Waals surface area (Å²) in [6.07, 6.45) is 5.09. The van der Waals surface area contributed by atoms with E-state index >= 15 is 0 Å². The molecule has 0 aliphatic heterocycles. The molecule has 0 spiro atoms. The highest BCUT2D eigenvalue weighted by molar-refractivity contribution is 5.31. The summed E-state index contributed by atoms with van der Waals surface area (Å²) in [7, 11) is 2.12.